The van der Waals surface area contributed by atoms with Crippen molar-refractivity contribution < 1.29 is 0 Å². The van der Waals surface area contributed by atoms with Crippen molar-refractivity contribution in [1.29, 1.82) is 0 Å². The van der Waals surface area contributed by atoms with Crippen LogP contribution in [0.3, 0.4) is 0 Å². The van der Waals surface area contributed by atoms with Crippen LogP contribution in [0.2, 0.25) is 5.02 Å². The van der Waals surface area contributed by atoms with Gasteiger partial charge in [0.05, 0.1) is 11.2 Å². The Morgan fingerprint density at radius 3 is 2.85 bits per heavy atom. The number of benzene rings is 1. The van der Waals surface area contributed by atoms with Crippen LogP contribution in [0.1, 0.15) is 11.3 Å². The normalized spacial score (nSPS) is 10.2. The number of nitrogens with zero attached hydrogens (tertiary/aromatic N) is 1. The minimum atomic E-state index is 0.760. The fourth-order valence-corrected chi connectivity index (χ4v) is 1.75. The Morgan fingerprint density at radius 1 is 1.31 bits per heavy atom. The van der Waals surface area contributed by atoms with E-state index in [9.17, 15) is 0 Å². The van der Waals surface area contributed by atoms with Crippen LogP contribution >= 0.6 is 22.9 Å². The van der Waals surface area contributed by atoms with Crippen molar-refractivity contribution in [2.45, 2.75) is 0 Å². The number of aromatic nitrogens is 1. The summed E-state index contributed by atoms with van der Waals surface area (Å²) in [5.41, 5.74) is 3.77. The van der Waals surface area contributed by atoms with Gasteiger partial charge < -0.3 is 0 Å². The summed E-state index contributed by atoms with van der Waals surface area (Å²) < 4.78 is 0. The van der Waals surface area contributed by atoms with Crippen molar-refractivity contribution >= 4 is 22.9 Å². The highest BCUT2D eigenvalue weighted by molar-refractivity contribution is 7.07. The van der Waals surface area contributed by atoms with E-state index in [1.807, 2.05) is 41.6 Å². The summed E-state index contributed by atoms with van der Waals surface area (Å²) in [6.07, 6.45) is 1.97. The average Bonchev–Trinajstić information content (AvgIpc) is 2.61. The molecule has 0 saturated carbocycles. The molecule has 13 heavy (non-hydrogen) atoms. The third kappa shape index (κ3) is 2.08. The summed E-state index contributed by atoms with van der Waals surface area (Å²) in [5.74, 6) is 0. The quantitative estimate of drug-likeness (QED) is 0.737. The Labute approximate surface area is 86.0 Å². The maximum Gasteiger partial charge on any atom is 0.0794 e. The number of hydrogen-bond donors (Lipinski definition) is 0. The lowest BCUT2D eigenvalue weighted by Gasteiger charge is -1.99. The zero-order valence-corrected chi connectivity index (χ0v) is 8.35. The predicted molar refractivity (Wildman–Crippen MR) is 56.1 cm³/mol. The predicted octanol–water partition coefficient (Wildman–Crippen LogP) is 3.40. The fraction of sp³-hybridized carbons (Fsp3) is 0. The molecule has 0 aliphatic rings. The average molecular weight is 209 g/mol. The van der Waals surface area contributed by atoms with Crippen molar-refractivity contribution in [3.63, 3.8) is 0 Å². The second-order valence-corrected chi connectivity index (χ2v) is 3.71. The number of halogens is 1. The number of rotatable bonds is 2. The third-order valence-corrected chi connectivity index (χ3v) is 2.61. The van der Waals surface area contributed by atoms with E-state index in [4.69, 9.17) is 11.6 Å². The largest absolute Gasteiger partial charge is 0.249 e. The Bertz CT molecular complexity index is 384. The van der Waals surface area contributed by atoms with Gasteiger partial charge in [-0.25, -0.2) is 4.98 Å². The molecule has 1 aromatic carbocycles. The minimum absolute atomic E-state index is 0.760. The van der Waals surface area contributed by atoms with Gasteiger partial charge in [-0.2, -0.15) is 0 Å². The van der Waals surface area contributed by atoms with E-state index in [1.165, 1.54) is 0 Å². The lowest BCUT2D eigenvalue weighted by atomic mass is 10.1. The molecule has 1 nitrogen and oxygen atoms in total. The molecule has 1 heterocycles. The Kier molecular flexibility index (Phi) is 2.62. The Hall–Kier alpha value is -0.860. The van der Waals surface area contributed by atoms with Gasteiger partial charge in [-0.3, -0.25) is 0 Å². The Morgan fingerprint density at radius 2 is 2.15 bits per heavy atom. The summed E-state index contributed by atoms with van der Waals surface area (Å²) in [5, 5.41) is 2.75. The molecule has 3 heteroatoms. The maximum absolute atomic E-state index is 5.99. The van der Waals surface area contributed by atoms with Gasteiger partial charge in [0, 0.05) is 16.8 Å². The molecule has 0 bridgehead atoms. The van der Waals surface area contributed by atoms with Gasteiger partial charge in [-0.15, -0.1) is 11.3 Å². The van der Waals surface area contributed by atoms with Crippen LogP contribution < -0.4 is 0 Å². The van der Waals surface area contributed by atoms with E-state index in [0.717, 1.165) is 16.3 Å². The molecule has 1 radical (unpaired) electrons. The van der Waals surface area contributed by atoms with Gasteiger partial charge in [0.25, 0.3) is 0 Å². The van der Waals surface area contributed by atoms with Crippen LogP contribution in [0.15, 0.2) is 35.2 Å². The van der Waals surface area contributed by atoms with E-state index in [1.54, 1.807) is 11.3 Å². The first-order valence-corrected chi connectivity index (χ1v) is 5.16. The molecule has 0 atom stereocenters. The highest BCUT2D eigenvalue weighted by Crippen LogP contribution is 2.20. The molecule has 0 N–H and O–H groups in total. The van der Waals surface area contributed by atoms with Crippen LogP contribution in [0.5, 0.6) is 0 Å². The first kappa shape index (κ1) is 8.73. The topological polar surface area (TPSA) is 12.9 Å². The molecule has 0 aliphatic heterocycles. The van der Waals surface area contributed by atoms with Crippen molar-refractivity contribution in [3.8, 4) is 0 Å². The third-order valence-electron chi connectivity index (χ3n) is 1.66. The van der Waals surface area contributed by atoms with Crippen LogP contribution in [0.25, 0.3) is 0 Å². The second kappa shape index (κ2) is 3.90. The molecule has 0 aliphatic carbocycles. The first-order chi connectivity index (χ1) is 6.36. The van der Waals surface area contributed by atoms with E-state index < -0.39 is 0 Å². The zero-order chi connectivity index (χ0) is 9.10. The SMILES string of the molecule is Clc1ccccc1[CH]c1cscn1. The highest BCUT2D eigenvalue weighted by atomic mass is 35.5. The molecule has 0 saturated heterocycles. The molecule has 2 aromatic rings. The number of thiazole rings is 1. The van der Waals surface area contributed by atoms with Gasteiger partial charge in [0.1, 0.15) is 0 Å². The monoisotopic (exact) mass is 208 g/mol. The highest BCUT2D eigenvalue weighted by Gasteiger charge is 2.01. The van der Waals surface area contributed by atoms with Crippen LogP contribution in [0.4, 0.5) is 0 Å². The van der Waals surface area contributed by atoms with Crippen molar-refractivity contribution in [2.24, 2.45) is 0 Å². The van der Waals surface area contributed by atoms with Crippen LogP contribution in [0, 0.1) is 6.42 Å². The van der Waals surface area contributed by atoms with Gasteiger partial charge in [-0.05, 0) is 11.6 Å². The van der Waals surface area contributed by atoms with Crippen molar-refractivity contribution in [2.75, 3.05) is 0 Å². The molecule has 0 amide bonds. The smallest absolute Gasteiger partial charge is 0.0794 e. The van der Waals surface area contributed by atoms with Gasteiger partial charge in [-0.1, -0.05) is 29.8 Å². The van der Waals surface area contributed by atoms with Gasteiger partial charge in [0.2, 0.25) is 0 Å². The molecule has 65 valence electrons. The molecule has 1 aromatic heterocycles. The van der Waals surface area contributed by atoms with E-state index in [0.29, 0.717) is 0 Å². The molecular formula is C10H7ClNS. The standard InChI is InChI=1S/C10H7ClNS/c11-10-4-2-1-3-8(10)5-9-6-13-7-12-9/h1-7H. The van der Waals surface area contributed by atoms with Gasteiger partial charge >= 0.3 is 0 Å². The van der Waals surface area contributed by atoms with Gasteiger partial charge in [0.15, 0.2) is 0 Å². The second-order valence-electron chi connectivity index (χ2n) is 2.58. The fourth-order valence-electron chi connectivity index (χ4n) is 1.04. The van der Waals surface area contributed by atoms with E-state index in [2.05, 4.69) is 4.98 Å². The summed E-state index contributed by atoms with van der Waals surface area (Å²) in [4.78, 5) is 4.16. The number of hydrogen-bond acceptors (Lipinski definition) is 2. The summed E-state index contributed by atoms with van der Waals surface area (Å²) >= 11 is 7.56. The van der Waals surface area contributed by atoms with Crippen LogP contribution in [-0.2, 0) is 0 Å². The lowest BCUT2D eigenvalue weighted by Crippen LogP contribution is -1.85. The van der Waals surface area contributed by atoms with E-state index in [-0.39, 0.29) is 0 Å². The Balaban J connectivity index is 2.24. The first-order valence-electron chi connectivity index (χ1n) is 3.84. The zero-order valence-electron chi connectivity index (χ0n) is 6.77. The molecule has 0 fully saturated rings. The summed E-state index contributed by atoms with van der Waals surface area (Å²) in [7, 11) is 0. The summed E-state index contributed by atoms with van der Waals surface area (Å²) in [6, 6.07) is 7.73. The molecule has 0 unspecified atom stereocenters. The molecule has 0 spiro atoms. The van der Waals surface area contributed by atoms with Crippen molar-refractivity contribution in [1.82, 2.24) is 4.98 Å². The molecular weight excluding hydrogens is 202 g/mol. The van der Waals surface area contributed by atoms with Crippen molar-refractivity contribution in [3.05, 3.63) is 57.9 Å². The maximum atomic E-state index is 5.99. The summed E-state index contributed by atoms with van der Waals surface area (Å²) in [6.45, 7) is 0. The lowest BCUT2D eigenvalue weighted by molar-refractivity contribution is 1.28. The molecule has 2 rings (SSSR count). The van der Waals surface area contributed by atoms with Crippen LogP contribution in [-0.4, -0.2) is 4.98 Å². The van der Waals surface area contributed by atoms with E-state index >= 15 is 0 Å². The minimum Gasteiger partial charge on any atom is -0.249 e.